The van der Waals surface area contributed by atoms with Gasteiger partial charge < -0.3 is 15.2 Å². The van der Waals surface area contributed by atoms with Crippen LogP contribution in [0.15, 0.2) is 18.2 Å². The van der Waals surface area contributed by atoms with Crippen molar-refractivity contribution in [1.29, 1.82) is 0 Å². The number of carbonyl (C=O) groups excluding carboxylic acids is 1. The van der Waals surface area contributed by atoms with E-state index < -0.39 is 0 Å². The van der Waals surface area contributed by atoms with Crippen molar-refractivity contribution >= 4 is 11.6 Å². The quantitative estimate of drug-likeness (QED) is 0.837. The van der Waals surface area contributed by atoms with E-state index in [-0.39, 0.29) is 24.7 Å². The van der Waals surface area contributed by atoms with Crippen LogP contribution in [0.5, 0.6) is 0 Å². The molecular weight excluding hydrogens is 266 g/mol. The van der Waals surface area contributed by atoms with Crippen LogP contribution in [0.1, 0.15) is 38.3 Å². The summed E-state index contributed by atoms with van der Waals surface area (Å²) in [6.45, 7) is 7.72. The van der Waals surface area contributed by atoms with E-state index in [1.54, 1.807) is 0 Å². The molecule has 4 nitrogen and oxygen atoms in total. The lowest BCUT2D eigenvalue weighted by atomic mass is 10.1. The molecule has 0 aliphatic carbocycles. The largest absolute Gasteiger partial charge is 0.395 e. The van der Waals surface area contributed by atoms with Gasteiger partial charge >= 0.3 is 0 Å². The number of carbonyl (C=O) groups is 1. The second kappa shape index (κ2) is 7.82. The second-order valence-electron chi connectivity index (χ2n) is 5.81. The van der Waals surface area contributed by atoms with E-state index in [0.29, 0.717) is 12.1 Å². The number of amides is 1. The lowest BCUT2D eigenvalue weighted by Gasteiger charge is -2.19. The Balaban J connectivity index is 2.71. The average molecular weight is 289 g/mol. The molecule has 0 saturated heterocycles. The summed E-state index contributed by atoms with van der Waals surface area (Å²) in [7, 11) is 0. The van der Waals surface area contributed by atoms with Crippen LogP contribution >= 0.6 is 0 Å². The summed E-state index contributed by atoms with van der Waals surface area (Å²) < 4.78 is 5.44. The number of nitrogens with one attached hydrogen (secondary N) is 1. The molecule has 1 aromatic rings. The predicted molar refractivity (Wildman–Crippen MR) is 84.1 cm³/mol. The zero-order valence-corrected chi connectivity index (χ0v) is 13.1. The van der Waals surface area contributed by atoms with E-state index in [2.05, 4.69) is 17.2 Å². The van der Waals surface area contributed by atoms with Crippen molar-refractivity contribution in [3.63, 3.8) is 0 Å². The number of anilines is 1. The molecule has 0 fully saturated rings. The number of ether oxygens (including phenoxy) is 1. The predicted octanol–water partition coefficient (Wildman–Crippen LogP) is 2.48. The molecule has 0 heterocycles. The van der Waals surface area contributed by atoms with Gasteiger partial charge in [-0.3, -0.25) is 4.79 Å². The Labute approximate surface area is 126 Å². The lowest BCUT2D eigenvalue weighted by molar-refractivity contribution is -0.125. The van der Waals surface area contributed by atoms with Crippen molar-refractivity contribution in [2.75, 3.05) is 18.5 Å². The van der Waals surface area contributed by atoms with Crippen LogP contribution in [0, 0.1) is 18.8 Å². The molecule has 0 atom stereocenters. The van der Waals surface area contributed by atoms with Gasteiger partial charge in [0.15, 0.2) is 0 Å². The molecule has 1 aromatic carbocycles. The van der Waals surface area contributed by atoms with Gasteiger partial charge in [-0.15, -0.1) is 0 Å². The first kappa shape index (κ1) is 17.2. The topological polar surface area (TPSA) is 58.6 Å². The third-order valence-corrected chi connectivity index (χ3v) is 2.47. The summed E-state index contributed by atoms with van der Waals surface area (Å²) in [5.41, 5.74) is 2.18. The first-order valence-electron chi connectivity index (χ1n) is 6.95. The third-order valence-electron chi connectivity index (χ3n) is 2.47. The Morgan fingerprint density at radius 2 is 2.05 bits per heavy atom. The fraction of sp³-hybridized carbons (Fsp3) is 0.471. The van der Waals surface area contributed by atoms with Crippen LogP contribution in [-0.2, 0) is 9.53 Å². The molecule has 0 aliphatic rings. The van der Waals surface area contributed by atoms with Crippen molar-refractivity contribution in [2.24, 2.45) is 0 Å². The maximum Gasteiger partial charge on any atom is 0.250 e. The fourth-order valence-electron chi connectivity index (χ4n) is 1.63. The number of benzene rings is 1. The van der Waals surface area contributed by atoms with E-state index >= 15 is 0 Å². The smallest absolute Gasteiger partial charge is 0.250 e. The molecule has 0 aliphatic heterocycles. The number of rotatable bonds is 4. The summed E-state index contributed by atoms with van der Waals surface area (Å²) in [6, 6.07) is 5.63. The number of aliphatic hydroxyl groups is 1. The molecule has 0 saturated carbocycles. The SMILES string of the molecule is Cc1cc(C#CCCO)cc(NC(=O)COC(C)(C)C)c1. The molecule has 0 unspecified atom stereocenters. The van der Waals surface area contributed by atoms with Crippen LogP contribution in [0.4, 0.5) is 5.69 Å². The summed E-state index contributed by atoms with van der Waals surface area (Å²) in [6.07, 6.45) is 0.440. The fourth-order valence-corrected chi connectivity index (χ4v) is 1.63. The molecule has 114 valence electrons. The normalized spacial score (nSPS) is 10.7. The average Bonchev–Trinajstić information content (AvgIpc) is 2.35. The van der Waals surface area contributed by atoms with Gasteiger partial charge in [0.05, 0.1) is 12.2 Å². The molecule has 0 bridgehead atoms. The van der Waals surface area contributed by atoms with Gasteiger partial charge in [-0.2, -0.15) is 0 Å². The second-order valence-corrected chi connectivity index (χ2v) is 5.81. The van der Waals surface area contributed by atoms with Gasteiger partial charge in [0, 0.05) is 17.7 Å². The van der Waals surface area contributed by atoms with E-state index in [0.717, 1.165) is 11.1 Å². The number of hydrogen-bond donors (Lipinski definition) is 2. The summed E-state index contributed by atoms with van der Waals surface area (Å²) in [4.78, 5) is 11.8. The van der Waals surface area contributed by atoms with E-state index in [9.17, 15) is 4.79 Å². The van der Waals surface area contributed by atoms with Gasteiger partial charge in [-0.25, -0.2) is 0 Å². The molecule has 0 spiro atoms. The summed E-state index contributed by atoms with van der Waals surface area (Å²) in [5, 5.41) is 11.5. The van der Waals surface area contributed by atoms with Crippen LogP contribution in [0.25, 0.3) is 0 Å². The van der Waals surface area contributed by atoms with Crippen molar-refractivity contribution in [1.82, 2.24) is 0 Å². The molecule has 2 N–H and O–H groups in total. The Bertz CT molecular complexity index is 547. The van der Waals surface area contributed by atoms with Crippen molar-refractivity contribution in [3.05, 3.63) is 29.3 Å². The highest BCUT2D eigenvalue weighted by Crippen LogP contribution is 2.14. The highest BCUT2D eigenvalue weighted by Gasteiger charge is 2.13. The number of aryl methyl sites for hydroxylation is 1. The maximum absolute atomic E-state index is 11.8. The third kappa shape index (κ3) is 7.50. The van der Waals surface area contributed by atoms with Crippen LogP contribution in [-0.4, -0.2) is 29.8 Å². The number of aliphatic hydroxyl groups excluding tert-OH is 1. The summed E-state index contributed by atoms with van der Waals surface area (Å²) in [5.74, 6) is 5.64. The van der Waals surface area contributed by atoms with Gasteiger partial charge in [-0.1, -0.05) is 11.8 Å². The molecular formula is C17H23NO3. The highest BCUT2D eigenvalue weighted by atomic mass is 16.5. The summed E-state index contributed by atoms with van der Waals surface area (Å²) >= 11 is 0. The van der Waals surface area contributed by atoms with Gasteiger partial charge in [0.2, 0.25) is 5.91 Å². The van der Waals surface area contributed by atoms with Gasteiger partial charge in [0.1, 0.15) is 6.61 Å². The van der Waals surface area contributed by atoms with Crippen LogP contribution < -0.4 is 5.32 Å². The molecule has 1 amide bonds. The van der Waals surface area contributed by atoms with Crippen molar-refractivity contribution in [2.45, 2.75) is 39.7 Å². The van der Waals surface area contributed by atoms with Crippen LogP contribution in [0.2, 0.25) is 0 Å². The van der Waals surface area contributed by atoms with E-state index in [1.165, 1.54) is 0 Å². The Morgan fingerprint density at radius 1 is 1.33 bits per heavy atom. The van der Waals surface area contributed by atoms with Crippen molar-refractivity contribution in [3.8, 4) is 11.8 Å². The standard InChI is InChI=1S/C17H23NO3/c1-13-9-14(7-5-6-8-19)11-15(10-13)18-16(20)12-21-17(2,3)4/h9-11,19H,6,8,12H2,1-4H3,(H,18,20). The zero-order chi connectivity index (χ0) is 15.9. The van der Waals surface area contributed by atoms with E-state index in [1.807, 2.05) is 45.9 Å². The minimum Gasteiger partial charge on any atom is -0.395 e. The van der Waals surface area contributed by atoms with E-state index in [4.69, 9.17) is 9.84 Å². The first-order chi connectivity index (χ1) is 9.80. The van der Waals surface area contributed by atoms with Gasteiger partial charge in [-0.05, 0) is 51.5 Å². The molecule has 4 heteroatoms. The molecule has 1 rings (SSSR count). The maximum atomic E-state index is 11.8. The van der Waals surface area contributed by atoms with Crippen LogP contribution in [0.3, 0.4) is 0 Å². The minimum absolute atomic E-state index is 0.0168. The Kier molecular flexibility index (Phi) is 6.41. The van der Waals surface area contributed by atoms with Gasteiger partial charge in [0.25, 0.3) is 0 Å². The number of hydrogen-bond acceptors (Lipinski definition) is 3. The highest BCUT2D eigenvalue weighted by molar-refractivity contribution is 5.92. The molecule has 21 heavy (non-hydrogen) atoms. The van der Waals surface area contributed by atoms with Crippen molar-refractivity contribution < 1.29 is 14.6 Å². The molecule has 0 radical (unpaired) electrons. The minimum atomic E-state index is -0.342. The Hall–Kier alpha value is -1.83. The molecule has 0 aromatic heterocycles. The zero-order valence-electron chi connectivity index (χ0n) is 13.1. The Morgan fingerprint density at radius 3 is 2.67 bits per heavy atom. The first-order valence-corrected chi connectivity index (χ1v) is 6.95. The lowest BCUT2D eigenvalue weighted by Crippen LogP contribution is -2.27. The monoisotopic (exact) mass is 289 g/mol.